The van der Waals surface area contributed by atoms with Crippen molar-refractivity contribution in [2.45, 2.75) is 37.6 Å². The van der Waals surface area contributed by atoms with Crippen LogP contribution in [-0.4, -0.2) is 63.3 Å². The van der Waals surface area contributed by atoms with Crippen LogP contribution in [0.5, 0.6) is 23.0 Å². The second-order valence-electron chi connectivity index (χ2n) is 7.73. The van der Waals surface area contributed by atoms with E-state index in [9.17, 15) is 35.1 Å². The van der Waals surface area contributed by atoms with Gasteiger partial charge in [0, 0.05) is 10.8 Å². The summed E-state index contributed by atoms with van der Waals surface area (Å²) >= 11 is 0. The minimum Gasteiger partial charge on any atom is -0.504 e. The van der Waals surface area contributed by atoms with Crippen molar-refractivity contribution < 1.29 is 48.6 Å². The van der Waals surface area contributed by atoms with Gasteiger partial charge in [0.25, 0.3) is 0 Å². The maximum atomic E-state index is 12.8. The Kier molecular flexibility index (Phi) is 4.65. The van der Waals surface area contributed by atoms with Gasteiger partial charge in [0.2, 0.25) is 17.8 Å². The van der Waals surface area contributed by atoms with Gasteiger partial charge in [-0.1, -0.05) is 0 Å². The number of ether oxygens (including phenoxy) is 3. The lowest BCUT2D eigenvalue weighted by Gasteiger charge is -2.38. The third-order valence-corrected chi connectivity index (χ3v) is 5.77. The quantitative estimate of drug-likeness (QED) is 0.204. The molecule has 12 nitrogen and oxygen atoms in total. The number of aliphatic hydroxyl groups excluding tert-OH is 3. The second kappa shape index (κ2) is 7.22. The van der Waals surface area contributed by atoms with E-state index in [2.05, 4.69) is 0 Å². The van der Waals surface area contributed by atoms with Gasteiger partial charge in [-0.2, -0.15) is 0 Å². The molecule has 174 valence electrons. The molecule has 5 N–H and O–H groups in total. The standard InChI is InChI=1S/C21H18O12/c1-5-12(23)14(25)15(26)21(30-5)31-9-4-7-10-11-6(19(27)32-17(10)13(9)24)3-8(22)16(29-2)18(11)33-20(7)28/h3-5,12,14-15,21-26H,1-2H3/t5-,12-,14+,15+,21-/m0/s1. The Bertz CT molecular complexity index is 1500. The monoisotopic (exact) mass is 462 g/mol. The van der Waals surface area contributed by atoms with Crippen LogP contribution in [0, 0.1) is 0 Å². The van der Waals surface area contributed by atoms with Crippen LogP contribution in [0.1, 0.15) is 6.92 Å². The number of aliphatic hydroxyl groups is 3. The Morgan fingerprint density at radius 3 is 2.15 bits per heavy atom. The number of hydrogen-bond donors (Lipinski definition) is 5. The average molecular weight is 462 g/mol. The summed E-state index contributed by atoms with van der Waals surface area (Å²) in [4.78, 5) is 25.4. The molecule has 1 saturated heterocycles. The van der Waals surface area contributed by atoms with E-state index < -0.39 is 64.8 Å². The minimum atomic E-state index is -1.70. The molecule has 0 radical (unpaired) electrons. The Morgan fingerprint density at radius 1 is 0.879 bits per heavy atom. The lowest BCUT2D eigenvalue weighted by molar-refractivity contribution is -0.268. The molecule has 1 aliphatic rings. The van der Waals surface area contributed by atoms with E-state index in [1.165, 1.54) is 14.0 Å². The van der Waals surface area contributed by atoms with Crippen LogP contribution in [-0.2, 0) is 4.74 Å². The van der Waals surface area contributed by atoms with Gasteiger partial charge in [0.05, 0.1) is 24.0 Å². The Morgan fingerprint density at radius 2 is 1.48 bits per heavy atom. The molecular formula is C21H18O12. The summed E-state index contributed by atoms with van der Waals surface area (Å²) in [6.45, 7) is 1.44. The molecule has 12 heteroatoms. The zero-order valence-electron chi connectivity index (χ0n) is 17.1. The van der Waals surface area contributed by atoms with E-state index in [1.54, 1.807) is 0 Å². The van der Waals surface area contributed by atoms with E-state index in [4.69, 9.17) is 23.0 Å². The summed E-state index contributed by atoms with van der Waals surface area (Å²) < 4.78 is 26.5. The van der Waals surface area contributed by atoms with Gasteiger partial charge in [-0.25, -0.2) is 9.59 Å². The van der Waals surface area contributed by atoms with Crippen LogP contribution in [0.3, 0.4) is 0 Å². The van der Waals surface area contributed by atoms with Crippen molar-refractivity contribution in [3.05, 3.63) is 33.0 Å². The summed E-state index contributed by atoms with van der Waals surface area (Å²) in [7, 11) is 1.24. The summed E-state index contributed by atoms with van der Waals surface area (Å²) in [5.74, 6) is -1.74. The van der Waals surface area contributed by atoms with Gasteiger partial charge in [0.1, 0.15) is 18.3 Å². The predicted molar refractivity (Wildman–Crippen MR) is 110 cm³/mol. The van der Waals surface area contributed by atoms with Gasteiger partial charge in [-0.05, 0) is 19.1 Å². The summed E-state index contributed by atoms with van der Waals surface area (Å²) in [6, 6.07) is 2.19. The van der Waals surface area contributed by atoms with Gasteiger partial charge in [-0.3, -0.25) is 0 Å². The molecule has 1 fully saturated rings. The normalized spacial score (nSPS) is 25.8. The molecular weight excluding hydrogens is 444 g/mol. The molecule has 5 atom stereocenters. The molecule has 4 aromatic rings. The molecule has 0 bridgehead atoms. The van der Waals surface area contributed by atoms with Crippen LogP contribution in [0.4, 0.5) is 0 Å². The van der Waals surface area contributed by atoms with Crippen molar-refractivity contribution in [1.29, 1.82) is 0 Å². The van der Waals surface area contributed by atoms with Crippen LogP contribution in [0.2, 0.25) is 0 Å². The average Bonchev–Trinajstić information content (AvgIpc) is 2.77. The number of phenolic OH excluding ortho intramolecular Hbond substituents is 2. The lowest BCUT2D eigenvalue weighted by Crippen LogP contribution is -2.58. The highest BCUT2D eigenvalue weighted by Crippen LogP contribution is 2.45. The number of rotatable bonds is 3. The maximum Gasteiger partial charge on any atom is 0.344 e. The summed E-state index contributed by atoms with van der Waals surface area (Å²) in [5.41, 5.74) is -2.50. The number of hydrogen-bond acceptors (Lipinski definition) is 12. The molecule has 2 aromatic carbocycles. The molecule has 5 rings (SSSR count). The topological polar surface area (TPSA) is 189 Å². The van der Waals surface area contributed by atoms with E-state index in [0.29, 0.717) is 0 Å². The van der Waals surface area contributed by atoms with Gasteiger partial charge < -0.3 is 48.6 Å². The van der Waals surface area contributed by atoms with Crippen molar-refractivity contribution in [2.75, 3.05) is 7.11 Å². The second-order valence-corrected chi connectivity index (χ2v) is 7.73. The zero-order valence-corrected chi connectivity index (χ0v) is 17.1. The van der Waals surface area contributed by atoms with Gasteiger partial charge in [0.15, 0.2) is 22.7 Å². The van der Waals surface area contributed by atoms with Crippen molar-refractivity contribution in [3.63, 3.8) is 0 Å². The first-order valence-corrected chi connectivity index (χ1v) is 9.79. The highest BCUT2D eigenvalue weighted by molar-refractivity contribution is 6.22. The van der Waals surface area contributed by atoms with E-state index in [0.717, 1.165) is 12.1 Å². The van der Waals surface area contributed by atoms with E-state index >= 15 is 0 Å². The van der Waals surface area contributed by atoms with Crippen LogP contribution < -0.4 is 20.7 Å². The fourth-order valence-electron chi connectivity index (χ4n) is 4.08. The van der Waals surface area contributed by atoms with Crippen molar-refractivity contribution >= 4 is 32.7 Å². The van der Waals surface area contributed by atoms with Crippen molar-refractivity contribution in [3.8, 4) is 23.0 Å². The van der Waals surface area contributed by atoms with E-state index in [1.807, 2.05) is 0 Å². The van der Waals surface area contributed by atoms with Gasteiger partial charge >= 0.3 is 11.3 Å². The van der Waals surface area contributed by atoms with Crippen LogP contribution in [0.15, 0.2) is 30.6 Å². The first-order chi connectivity index (χ1) is 15.6. The van der Waals surface area contributed by atoms with Crippen molar-refractivity contribution in [2.24, 2.45) is 0 Å². The number of methoxy groups -OCH3 is 1. The minimum absolute atomic E-state index is 0.0212. The number of benzene rings is 2. The highest BCUT2D eigenvalue weighted by atomic mass is 16.7. The first-order valence-electron chi connectivity index (χ1n) is 9.79. The highest BCUT2D eigenvalue weighted by Gasteiger charge is 2.43. The first kappa shape index (κ1) is 21.3. The van der Waals surface area contributed by atoms with Gasteiger partial charge in [-0.15, -0.1) is 0 Å². The summed E-state index contributed by atoms with van der Waals surface area (Å²) in [5, 5.41) is 50.8. The molecule has 0 saturated carbocycles. The zero-order chi connectivity index (χ0) is 23.8. The molecule has 3 heterocycles. The Labute approximate surface area is 182 Å². The molecule has 33 heavy (non-hydrogen) atoms. The maximum absolute atomic E-state index is 12.8. The fraction of sp³-hybridized carbons (Fsp3) is 0.333. The lowest BCUT2D eigenvalue weighted by atomic mass is 10.00. The molecule has 0 unspecified atom stereocenters. The Hall–Kier alpha value is -3.58. The number of aromatic hydroxyl groups is 2. The van der Waals surface area contributed by atoms with Crippen LogP contribution in [0.25, 0.3) is 32.7 Å². The van der Waals surface area contributed by atoms with Crippen LogP contribution >= 0.6 is 0 Å². The third kappa shape index (κ3) is 2.92. The largest absolute Gasteiger partial charge is 0.504 e. The number of phenols is 2. The summed E-state index contributed by atoms with van der Waals surface area (Å²) in [6.07, 6.45) is -7.14. The molecule has 2 aromatic heterocycles. The smallest absolute Gasteiger partial charge is 0.344 e. The SMILES string of the molecule is COc1c(O)cc2c(=O)oc3c(O)c(O[C@@H]4O[C@@H](C)[C@H](O)[C@@H](O)[C@H]4O)cc4c(=O)oc1c2c34. The molecule has 0 aliphatic carbocycles. The Balaban J connectivity index is 1.77. The fourth-order valence-corrected chi connectivity index (χ4v) is 4.08. The predicted octanol–water partition coefficient (Wildman–Crippen LogP) is 0.116. The third-order valence-electron chi connectivity index (χ3n) is 5.77. The van der Waals surface area contributed by atoms with E-state index in [-0.39, 0.29) is 32.9 Å². The molecule has 0 spiro atoms. The molecule has 0 amide bonds. The van der Waals surface area contributed by atoms with Crippen molar-refractivity contribution in [1.82, 2.24) is 0 Å². The molecule has 1 aliphatic heterocycles.